The van der Waals surface area contributed by atoms with Crippen LogP contribution < -0.4 is 0 Å². The van der Waals surface area contributed by atoms with E-state index in [0.29, 0.717) is 0 Å². The third-order valence-corrected chi connectivity index (χ3v) is 2.74. The largest absolute Gasteiger partial charge is 0.0843 e. The Morgan fingerprint density at radius 2 is 1.75 bits per heavy atom. The number of rotatable bonds is 4. The van der Waals surface area contributed by atoms with Gasteiger partial charge in [0.15, 0.2) is 0 Å². The zero-order chi connectivity index (χ0) is 11.2. The van der Waals surface area contributed by atoms with E-state index >= 15 is 0 Å². The van der Waals surface area contributed by atoms with Crippen LogP contribution in [0.5, 0.6) is 0 Å². The molecule has 2 rings (SSSR count). The normalized spacial score (nSPS) is 10.3. The van der Waals surface area contributed by atoms with Gasteiger partial charge in [-0.2, -0.15) is 0 Å². The average Bonchev–Trinajstić information content (AvgIpc) is 2.30. The fraction of sp³-hybridized carbons (Fsp3) is 0.133. The Kier molecular flexibility index (Phi) is 4.01. The predicted molar refractivity (Wildman–Crippen MR) is 69.6 cm³/mol. The lowest BCUT2D eigenvalue weighted by atomic mass is 10.0. The zero-order valence-corrected chi connectivity index (χ0v) is 9.82. The molecule has 0 fully saturated rings. The van der Waals surface area contributed by atoms with Gasteiger partial charge in [-0.25, -0.2) is 0 Å². The Hall–Kier alpha value is -1.27. The predicted octanol–water partition coefficient (Wildman–Crippen LogP) is 4.53. The van der Waals surface area contributed by atoms with Crippen molar-refractivity contribution in [2.45, 2.75) is 12.8 Å². The van der Waals surface area contributed by atoms with Crippen LogP contribution in [0.2, 0.25) is 5.02 Å². The Bertz CT molecular complexity index is 434. The molecule has 0 N–H and O–H groups in total. The molecule has 1 radical (unpaired) electrons. The minimum Gasteiger partial charge on any atom is -0.0843 e. The first kappa shape index (κ1) is 11.2. The summed E-state index contributed by atoms with van der Waals surface area (Å²) in [7, 11) is 0. The summed E-state index contributed by atoms with van der Waals surface area (Å²) in [6.07, 6.45) is 4.34. The lowest BCUT2D eigenvalue weighted by Crippen LogP contribution is -1.87. The molecule has 16 heavy (non-hydrogen) atoms. The van der Waals surface area contributed by atoms with Crippen molar-refractivity contribution in [2.75, 3.05) is 0 Å². The van der Waals surface area contributed by atoms with Crippen LogP contribution in [0.4, 0.5) is 0 Å². The molecule has 0 saturated heterocycles. The van der Waals surface area contributed by atoms with E-state index in [4.69, 9.17) is 11.6 Å². The Morgan fingerprint density at radius 1 is 0.938 bits per heavy atom. The first-order valence-corrected chi connectivity index (χ1v) is 5.85. The maximum Gasteiger partial charge on any atom is 0.0408 e. The summed E-state index contributed by atoms with van der Waals surface area (Å²) in [6.45, 7) is 0. The van der Waals surface area contributed by atoms with Gasteiger partial charge in [0.2, 0.25) is 0 Å². The summed E-state index contributed by atoms with van der Waals surface area (Å²) < 4.78 is 0. The molecular weight excluding hydrogens is 216 g/mol. The molecule has 0 amide bonds. The molecule has 0 saturated carbocycles. The van der Waals surface area contributed by atoms with Crippen LogP contribution >= 0.6 is 11.6 Å². The van der Waals surface area contributed by atoms with Crippen molar-refractivity contribution in [3.8, 4) is 0 Å². The molecule has 2 aromatic carbocycles. The van der Waals surface area contributed by atoms with Crippen LogP contribution in [0.1, 0.15) is 17.5 Å². The lowest BCUT2D eigenvalue weighted by Gasteiger charge is -2.02. The summed E-state index contributed by atoms with van der Waals surface area (Å²) in [4.78, 5) is 0. The molecule has 0 aliphatic carbocycles. The first-order valence-electron chi connectivity index (χ1n) is 5.47. The standard InChI is InChI=1S/C15H14Cl/c16-15-11-5-10-14(12-15)9-4-8-13-6-2-1-3-7-13/h1-3,5-7,9-12H,4,8H2. The first-order chi connectivity index (χ1) is 7.84. The van der Waals surface area contributed by atoms with E-state index in [1.807, 2.05) is 24.3 Å². The molecule has 0 atom stereocenters. The fourth-order valence-corrected chi connectivity index (χ4v) is 1.88. The van der Waals surface area contributed by atoms with Crippen LogP contribution in [-0.4, -0.2) is 0 Å². The molecule has 1 heteroatoms. The third-order valence-electron chi connectivity index (χ3n) is 2.50. The SMILES string of the molecule is Clc1cccc([CH]CCc2ccccc2)c1. The molecule has 2 aromatic rings. The Labute approximate surface area is 102 Å². The summed E-state index contributed by atoms with van der Waals surface area (Å²) in [6, 6.07) is 18.5. The summed E-state index contributed by atoms with van der Waals surface area (Å²) in [5.74, 6) is 0. The van der Waals surface area contributed by atoms with E-state index < -0.39 is 0 Å². The lowest BCUT2D eigenvalue weighted by molar-refractivity contribution is 0.951. The molecule has 0 aliphatic heterocycles. The van der Waals surface area contributed by atoms with Gasteiger partial charge < -0.3 is 0 Å². The van der Waals surface area contributed by atoms with Gasteiger partial charge in [-0.15, -0.1) is 0 Å². The van der Waals surface area contributed by atoms with Crippen LogP contribution in [-0.2, 0) is 6.42 Å². The molecule has 0 bridgehead atoms. The maximum atomic E-state index is 5.92. The third kappa shape index (κ3) is 3.39. The highest BCUT2D eigenvalue weighted by molar-refractivity contribution is 6.30. The van der Waals surface area contributed by atoms with Gasteiger partial charge in [0.1, 0.15) is 0 Å². The van der Waals surface area contributed by atoms with Gasteiger partial charge in [-0.05, 0) is 42.5 Å². The molecule has 0 unspecified atom stereocenters. The summed E-state index contributed by atoms with van der Waals surface area (Å²) in [5.41, 5.74) is 2.57. The molecule has 0 spiro atoms. The van der Waals surface area contributed by atoms with Crippen molar-refractivity contribution in [3.05, 3.63) is 77.2 Å². The fourth-order valence-electron chi connectivity index (χ4n) is 1.68. The van der Waals surface area contributed by atoms with Crippen LogP contribution in [0.25, 0.3) is 0 Å². The van der Waals surface area contributed by atoms with Crippen molar-refractivity contribution < 1.29 is 0 Å². The number of benzene rings is 2. The van der Waals surface area contributed by atoms with Crippen LogP contribution in [0, 0.1) is 6.42 Å². The van der Waals surface area contributed by atoms with E-state index in [-0.39, 0.29) is 0 Å². The Morgan fingerprint density at radius 3 is 2.50 bits per heavy atom. The Balaban J connectivity index is 1.85. The van der Waals surface area contributed by atoms with E-state index in [1.165, 1.54) is 11.1 Å². The maximum absolute atomic E-state index is 5.92. The topological polar surface area (TPSA) is 0 Å². The van der Waals surface area contributed by atoms with Crippen molar-refractivity contribution in [1.82, 2.24) is 0 Å². The van der Waals surface area contributed by atoms with Gasteiger partial charge in [0.05, 0.1) is 0 Å². The molecule has 0 aromatic heterocycles. The highest BCUT2D eigenvalue weighted by atomic mass is 35.5. The molecule has 81 valence electrons. The van der Waals surface area contributed by atoms with Gasteiger partial charge in [0.25, 0.3) is 0 Å². The average molecular weight is 230 g/mol. The number of halogens is 1. The van der Waals surface area contributed by atoms with E-state index in [1.54, 1.807) is 0 Å². The van der Waals surface area contributed by atoms with Crippen molar-refractivity contribution >= 4 is 11.6 Å². The van der Waals surface area contributed by atoms with E-state index in [0.717, 1.165) is 17.9 Å². The highest BCUT2D eigenvalue weighted by Gasteiger charge is 1.96. The van der Waals surface area contributed by atoms with E-state index in [9.17, 15) is 0 Å². The molecule has 0 nitrogen and oxygen atoms in total. The van der Waals surface area contributed by atoms with Gasteiger partial charge in [-0.3, -0.25) is 0 Å². The van der Waals surface area contributed by atoms with Crippen molar-refractivity contribution in [1.29, 1.82) is 0 Å². The van der Waals surface area contributed by atoms with Crippen LogP contribution in [0.15, 0.2) is 54.6 Å². The van der Waals surface area contributed by atoms with Crippen LogP contribution in [0.3, 0.4) is 0 Å². The molecule has 0 aliphatic rings. The number of hydrogen-bond acceptors (Lipinski definition) is 0. The van der Waals surface area contributed by atoms with Gasteiger partial charge in [0, 0.05) is 5.02 Å². The highest BCUT2D eigenvalue weighted by Crippen LogP contribution is 2.14. The second kappa shape index (κ2) is 5.72. The second-order valence-corrected chi connectivity index (χ2v) is 4.22. The minimum absolute atomic E-state index is 0.800. The van der Waals surface area contributed by atoms with E-state index in [2.05, 4.69) is 36.8 Å². The van der Waals surface area contributed by atoms with Crippen molar-refractivity contribution in [2.24, 2.45) is 0 Å². The summed E-state index contributed by atoms with van der Waals surface area (Å²) >= 11 is 5.92. The van der Waals surface area contributed by atoms with Gasteiger partial charge >= 0.3 is 0 Å². The van der Waals surface area contributed by atoms with Crippen molar-refractivity contribution in [3.63, 3.8) is 0 Å². The number of hydrogen-bond donors (Lipinski definition) is 0. The second-order valence-electron chi connectivity index (χ2n) is 3.78. The molecule has 0 heterocycles. The number of aryl methyl sites for hydroxylation is 1. The molecular formula is C15H14Cl. The van der Waals surface area contributed by atoms with Gasteiger partial charge in [-0.1, -0.05) is 54.1 Å². The smallest absolute Gasteiger partial charge is 0.0408 e. The summed E-state index contributed by atoms with van der Waals surface area (Å²) in [5, 5.41) is 0.800. The monoisotopic (exact) mass is 229 g/mol. The quantitative estimate of drug-likeness (QED) is 0.723. The minimum atomic E-state index is 0.800. The zero-order valence-electron chi connectivity index (χ0n) is 9.07.